The predicted molar refractivity (Wildman–Crippen MR) is 77.5 cm³/mol. The zero-order valence-electron chi connectivity index (χ0n) is 10.7. The second kappa shape index (κ2) is 6.47. The molecule has 4 nitrogen and oxygen atoms in total. The minimum absolute atomic E-state index is 0.0404. The molecule has 20 heavy (non-hydrogen) atoms. The normalized spacial score (nSPS) is 10.2. The lowest BCUT2D eigenvalue weighted by Gasteiger charge is -2.08. The molecule has 6 heteroatoms. The van der Waals surface area contributed by atoms with E-state index in [0.29, 0.717) is 22.6 Å². The molecule has 0 atom stereocenters. The molecule has 0 radical (unpaired) electrons. The molecule has 1 heterocycles. The van der Waals surface area contributed by atoms with Crippen LogP contribution in [-0.4, -0.2) is 17.5 Å². The molecule has 1 amide bonds. The molecule has 0 saturated carbocycles. The van der Waals surface area contributed by atoms with Crippen molar-refractivity contribution >= 4 is 27.5 Å². The molecule has 0 aliphatic carbocycles. The van der Waals surface area contributed by atoms with Crippen LogP contribution in [-0.2, 0) is 0 Å². The van der Waals surface area contributed by atoms with Gasteiger partial charge < -0.3 is 10.1 Å². The molecule has 0 spiro atoms. The van der Waals surface area contributed by atoms with E-state index in [2.05, 4.69) is 26.2 Å². The van der Waals surface area contributed by atoms with Crippen LogP contribution >= 0.6 is 15.9 Å². The Bertz CT molecular complexity index is 597. The molecule has 0 saturated heterocycles. The Kier molecular flexibility index (Phi) is 4.68. The Hall–Kier alpha value is -1.95. The summed E-state index contributed by atoms with van der Waals surface area (Å²) in [6.45, 7) is 2.37. The van der Waals surface area contributed by atoms with Crippen LogP contribution in [0.5, 0.6) is 5.88 Å². The van der Waals surface area contributed by atoms with Crippen LogP contribution in [0.3, 0.4) is 0 Å². The first-order valence-electron chi connectivity index (χ1n) is 5.96. The third-order valence-electron chi connectivity index (χ3n) is 2.48. The molecule has 2 aromatic rings. The van der Waals surface area contributed by atoms with Crippen LogP contribution in [0.15, 0.2) is 41.0 Å². The van der Waals surface area contributed by atoms with Gasteiger partial charge in [0.1, 0.15) is 5.82 Å². The molecule has 0 bridgehead atoms. The first-order chi connectivity index (χ1) is 9.61. The molecule has 1 N–H and O–H groups in total. The number of aromatic nitrogens is 1. The van der Waals surface area contributed by atoms with Gasteiger partial charge in [0.05, 0.1) is 24.1 Å². The predicted octanol–water partition coefficient (Wildman–Crippen LogP) is 3.63. The summed E-state index contributed by atoms with van der Waals surface area (Å²) in [4.78, 5) is 16.0. The van der Waals surface area contributed by atoms with Crippen LogP contribution < -0.4 is 10.1 Å². The average Bonchev–Trinajstić information content (AvgIpc) is 2.41. The maximum atomic E-state index is 13.6. The molecular formula is C14H12BrFN2O2. The summed E-state index contributed by atoms with van der Waals surface area (Å²) in [6, 6.07) is 7.64. The molecule has 0 aliphatic rings. The zero-order valence-corrected chi connectivity index (χ0v) is 12.3. The number of nitrogens with zero attached hydrogens (tertiary/aromatic N) is 1. The molecule has 0 aliphatic heterocycles. The SMILES string of the molecule is CCOc1ccc(NC(=O)c2c(F)cccc2Br)cn1. The van der Waals surface area contributed by atoms with E-state index in [1.807, 2.05) is 6.92 Å². The number of rotatable bonds is 4. The summed E-state index contributed by atoms with van der Waals surface area (Å²) in [5.74, 6) is -0.658. The minimum atomic E-state index is -0.587. The number of ether oxygens (including phenoxy) is 1. The van der Waals surface area contributed by atoms with Crippen molar-refractivity contribution in [3.63, 3.8) is 0 Å². The van der Waals surface area contributed by atoms with Crippen LogP contribution in [0.4, 0.5) is 10.1 Å². The fourth-order valence-corrected chi connectivity index (χ4v) is 2.12. The molecule has 2 rings (SSSR count). The van der Waals surface area contributed by atoms with Crippen LogP contribution in [0.2, 0.25) is 0 Å². The summed E-state index contributed by atoms with van der Waals surface area (Å²) in [5.41, 5.74) is 0.426. The van der Waals surface area contributed by atoms with Crippen LogP contribution in [0, 0.1) is 5.82 Å². The molecule has 1 aromatic heterocycles. The van der Waals surface area contributed by atoms with Crippen molar-refractivity contribution in [1.82, 2.24) is 4.98 Å². The Morgan fingerprint density at radius 3 is 2.80 bits per heavy atom. The van der Waals surface area contributed by atoms with E-state index in [-0.39, 0.29) is 5.56 Å². The highest BCUT2D eigenvalue weighted by atomic mass is 79.9. The molecular weight excluding hydrogens is 327 g/mol. The number of nitrogens with one attached hydrogen (secondary N) is 1. The van der Waals surface area contributed by atoms with Gasteiger partial charge in [0.2, 0.25) is 5.88 Å². The van der Waals surface area contributed by atoms with Gasteiger partial charge in [-0.15, -0.1) is 0 Å². The Morgan fingerprint density at radius 2 is 2.20 bits per heavy atom. The second-order valence-electron chi connectivity index (χ2n) is 3.87. The van der Waals surface area contributed by atoms with E-state index >= 15 is 0 Å². The maximum absolute atomic E-state index is 13.6. The van der Waals surface area contributed by atoms with Crippen molar-refractivity contribution in [2.24, 2.45) is 0 Å². The fourth-order valence-electron chi connectivity index (χ4n) is 1.60. The van der Waals surface area contributed by atoms with E-state index in [1.165, 1.54) is 18.3 Å². The average molecular weight is 339 g/mol. The highest BCUT2D eigenvalue weighted by Gasteiger charge is 2.15. The third-order valence-corrected chi connectivity index (χ3v) is 3.14. The quantitative estimate of drug-likeness (QED) is 0.925. The lowest BCUT2D eigenvalue weighted by molar-refractivity contribution is 0.102. The van der Waals surface area contributed by atoms with Crippen molar-refractivity contribution in [3.05, 3.63) is 52.4 Å². The monoisotopic (exact) mass is 338 g/mol. The topological polar surface area (TPSA) is 51.2 Å². The lowest BCUT2D eigenvalue weighted by atomic mass is 10.2. The van der Waals surface area contributed by atoms with Crippen LogP contribution in [0.1, 0.15) is 17.3 Å². The van der Waals surface area contributed by atoms with Gasteiger partial charge in [0, 0.05) is 10.5 Å². The van der Waals surface area contributed by atoms with Gasteiger partial charge in [-0.05, 0) is 41.1 Å². The number of carbonyl (C=O) groups is 1. The summed E-state index contributed by atoms with van der Waals surface area (Å²) in [6.07, 6.45) is 1.46. The number of pyridine rings is 1. The summed E-state index contributed by atoms with van der Waals surface area (Å²) < 4.78 is 19.2. The number of benzene rings is 1. The van der Waals surface area contributed by atoms with Gasteiger partial charge >= 0.3 is 0 Å². The highest BCUT2D eigenvalue weighted by molar-refractivity contribution is 9.10. The largest absolute Gasteiger partial charge is 0.478 e. The van der Waals surface area contributed by atoms with Crippen LogP contribution in [0.25, 0.3) is 0 Å². The lowest BCUT2D eigenvalue weighted by Crippen LogP contribution is -2.14. The maximum Gasteiger partial charge on any atom is 0.259 e. The van der Waals surface area contributed by atoms with Gasteiger partial charge in [0.25, 0.3) is 5.91 Å². The van der Waals surface area contributed by atoms with Crippen molar-refractivity contribution in [2.75, 3.05) is 11.9 Å². The van der Waals surface area contributed by atoms with Gasteiger partial charge in [-0.1, -0.05) is 6.07 Å². The number of amides is 1. The summed E-state index contributed by atoms with van der Waals surface area (Å²) in [7, 11) is 0. The van der Waals surface area contributed by atoms with E-state index in [4.69, 9.17) is 4.74 Å². The molecule has 1 aromatic carbocycles. The number of carbonyl (C=O) groups excluding carboxylic acids is 1. The van der Waals surface area contributed by atoms with E-state index < -0.39 is 11.7 Å². The molecule has 0 unspecified atom stereocenters. The van der Waals surface area contributed by atoms with Crippen molar-refractivity contribution < 1.29 is 13.9 Å². The smallest absolute Gasteiger partial charge is 0.259 e. The van der Waals surface area contributed by atoms with Gasteiger partial charge in [0.15, 0.2) is 0 Å². The van der Waals surface area contributed by atoms with E-state index in [0.717, 1.165) is 0 Å². The van der Waals surface area contributed by atoms with Crippen molar-refractivity contribution in [2.45, 2.75) is 6.92 Å². The van der Waals surface area contributed by atoms with Gasteiger partial charge in [-0.2, -0.15) is 0 Å². The second-order valence-corrected chi connectivity index (χ2v) is 4.72. The standard InChI is InChI=1S/C14H12BrFN2O2/c1-2-20-12-7-6-9(8-17-12)18-14(19)13-10(15)4-3-5-11(13)16/h3-8H,2H2,1H3,(H,18,19). The van der Waals surface area contributed by atoms with Crippen molar-refractivity contribution in [1.29, 1.82) is 0 Å². The number of halogens is 2. The Balaban J connectivity index is 2.15. The highest BCUT2D eigenvalue weighted by Crippen LogP contribution is 2.21. The van der Waals surface area contributed by atoms with E-state index in [9.17, 15) is 9.18 Å². The number of anilines is 1. The van der Waals surface area contributed by atoms with E-state index in [1.54, 1.807) is 18.2 Å². The fraction of sp³-hybridized carbons (Fsp3) is 0.143. The molecule has 104 valence electrons. The Labute approximate surface area is 124 Å². The molecule has 0 fully saturated rings. The van der Waals surface area contributed by atoms with Crippen molar-refractivity contribution in [3.8, 4) is 5.88 Å². The third kappa shape index (κ3) is 3.33. The zero-order chi connectivity index (χ0) is 14.5. The minimum Gasteiger partial charge on any atom is -0.478 e. The first kappa shape index (κ1) is 14.5. The summed E-state index contributed by atoms with van der Waals surface area (Å²) >= 11 is 3.16. The van der Waals surface area contributed by atoms with Gasteiger partial charge in [-0.25, -0.2) is 9.37 Å². The number of hydrogen-bond acceptors (Lipinski definition) is 3. The first-order valence-corrected chi connectivity index (χ1v) is 6.75. The number of hydrogen-bond donors (Lipinski definition) is 1. The Morgan fingerprint density at radius 1 is 1.40 bits per heavy atom. The van der Waals surface area contributed by atoms with Gasteiger partial charge in [-0.3, -0.25) is 4.79 Å². The summed E-state index contributed by atoms with van der Waals surface area (Å²) in [5, 5.41) is 2.58.